The van der Waals surface area contributed by atoms with Gasteiger partial charge >= 0.3 is 0 Å². The molecule has 1 aromatic rings. The highest BCUT2D eigenvalue weighted by atomic mass is 35.5. The second-order valence-corrected chi connectivity index (χ2v) is 5.10. The number of piperidine rings is 1. The number of hydrogen-bond donors (Lipinski definition) is 0. The van der Waals surface area contributed by atoms with Crippen LogP contribution in [0, 0.1) is 0 Å². The van der Waals surface area contributed by atoms with Gasteiger partial charge in [0.05, 0.1) is 0 Å². The zero-order valence-corrected chi connectivity index (χ0v) is 11.8. The molecule has 0 unspecified atom stereocenters. The number of aromatic nitrogens is 2. The number of halogens is 1. The zero-order valence-electron chi connectivity index (χ0n) is 11.1. The zero-order chi connectivity index (χ0) is 13.8. The van der Waals surface area contributed by atoms with Crippen molar-refractivity contribution in [2.24, 2.45) is 0 Å². The number of hydrogen-bond acceptors (Lipinski definition) is 3. The van der Waals surface area contributed by atoms with Crippen LogP contribution in [0.15, 0.2) is 10.9 Å². The van der Waals surface area contributed by atoms with Gasteiger partial charge in [-0.05, 0) is 19.3 Å². The predicted octanol–water partition coefficient (Wildman–Crippen LogP) is 1.47. The van der Waals surface area contributed by atoms with Crippen LogP contribution >= 0.6 is 11.6 Å². The second kappa shape index (κ2) is 6.19. The Morgan fingerprint density at radius 1 is 1.37 bits per heavy atom. The Kier molecular flexibility index (Phi) is 4.58. The fourth-order valence-electron chi connectivity index (χ4n) is 2.34. The molecule has 1 amide bonds. The van der Waals surface area contributed by atoms with Gasteiger partial charge < -0.3 is 4.90 Å². The average Bonchev–Trinajstić information content (AvgIpc) is 2.42. The van der Waals surface area contributed by atoms with E-state index in [4.69, 9.17) is 11.6 Å². The summed E-state index contributed by atoms with van der Waals surface area (Å²) >= 11 is 5.77. The Labute approximate surface area is 117 Å². The van der Waals surface area contributed by atoms with Crippen LogP contribution < -0.4 is 5.56 Å². The molecule has 0 spiro atoms. The molecule has 1 aliphatic rings. The van der Waals surface area contributed by atoms with E-state index in [2.05, 4.69) is 4.98 Å². The lowest BCUT2D eigenvalue weighted by Crippen LogP contribution is -2.40. The standard InChI is InChI=1S/C13H18ClN3O2/c1-2-11-15-10(14)8-12(18)17(11)9-13(19)16-6-4-3-5-7-16/h8H,2-7,9H2,1H3. The van der Waals surface area contributed by atoms with Gasteiger partial charge in [0.2, 0.25) is 5.91 Å². The maximum atomic E-state index is 12.2. The number of carbonyl (C=O) groups is 1. The van der Waals surface area contributed by atoms with Gasteiger partial charge in [-0.25, -0.2) is 4.98 Å². The first-order valence-electron chi connectivity index (χ1n) is 6.66. The second-order valence-electron chi connectivity index (χ2n) is 4.71. The lowest BCUT2D eigenvalue weighted by Gasteiger charge is -2.27. The number of carbonyl (C=O) groups excluding carboxylic acids is 1. The van der Waals surface area contributed by atoms with Crippen molar-refractivity contribution in [1.29, 1.82) is 0 Å². The molecule has 0 N–H and O–H groups in total. The molecule has 5 nitrogen and oxygen atoms in total. The van der Waals surface area contributed by atoms with E-state index in [1.807, 2.05) is 11.8 Å². The van der Waals surface area contributed by atoms with Crippen molar-refractivity contribution in [2.45, 2.75) is 39.2 Å². The van der Waals surface area contributed by atoms with E-state index in [9.17, 15) is 9.59 Å². The summed E-state index contributed by atoms with van der Waals surface area (Å²) in [6.45, 7) is 3.53. The van der Waals surface area contributed by atoms with Gasteiger partial charge in [0.15, 0.2) is 0 Å². The number of rotatable bonds is 3. The molecule has 0 aromatic carbocycles. The van der Waals surface area contributed by atoms with E-state index in [-0.39, 0.29) is 23.2 Å². The summed E-state index contributed by atoms with van der Waals surface area (Å²) < 4.78 is 1.42. The molecule has 0 radical (unpaired) electrons. The summed E-state index contributed by atoms with van der Waals surface area (Å²) in [6, 6.07) is 1.25. The Morgan fingerprint density at radius 2 is 2.05 bits per heavy atom. The summed E-state index contributed by atoms with van der Waals surface area (Å²) in [6.07, 6.45) is 3.83. The number of nitrogens with zero attached hydrogens (tertiary/aromatic N) is 3. The van der Waals surface area contributed by atoms with Gasteiger partial charge in [-0.2, -0.15) is 0 Å². The molecular formula is C13H18ClN3O2. The van der Waals surface area contributed by atoms with E-state index >= 15 is 0 Å². The van der Waals surface area contributed by atoms with Crippen LogP contribution in [0.5, 0.6) is 0 Å². The molecule has 1 saturated heterocycles. The Bertz CT molecular complexity index is 521. The highest BCUT2D eigenvalue weighted by molar-refractivity contribution is 6.29. The third-order valence-electron chi connectivity index (χ3n) is 3.37. The molecule has 0 atom stereocenters. The first kappa shape index (κ1) is 14.1. The fraction of sp³-hybridized carbons (Fsp3) is 0.615. The SMILES string of the molecule is CCc1nc(Cl)cc(=O)n1CC(=O)N1CCCCC1. The first-order valence-corrected chi connectivity index (χ1v) is 7.03. The summed E-state index contributed by atoms with van der Waals surface area (Å²) in [5.41, 5.74) is -0.262. The third-order valence-corrected chi connectivity index (χ3v) is 3.57. The molecule has 2 heterocycles. The van der Waals surface area contributed by atoms with Gasteiger partial charge in [0, 0.05) is 25.6 Å². The van der Waals surface area contributed by atoms with Crippen LogP contribution in [0.4, 0.5) is 0 Å². The van der Waals surface area contributed by atoms with Crippen molar-refractivity contribution in [3.05, 3.63) is 27.4 Å². The summed E-state index contributed by atoms with van der Waals surface area (Å²) in [5, 5.41) is 0.184. The molecule has 0 aliphatic carbocycles. The Balaban J connectivity index is 2.18. The largest absolute Gasteiger partial charge is 0.341 e. The number of amides is 1. The highest BCUT2D eigenvalue weighted by Crippen LogP contribution is 2.10. The molecule has 1 fully saturated rings. The average molecular weight is 284 g/mol. The third kappa shape index (κ3) is 3.35. The van der Waals surface area contributed by atoms with Crippen LogP contribution in [-0.2, 0) is 17.8 Å². The van der Waals surface area contributed by atoms with E-state index in [1.165, 1.54) is 17.1 Å². The predicted molar refractivity (Wildman–Crippen MR) is 73.3 cm³/mol. The molecule has 2 rings (SSSR count). The van der Waals surface area contributed by atoms with Crippen LogP contribution in [0.3, 0.4) is 0 Å². The highest BCUT2D eigenvalue weighted by Gasteiger charge is 2.18. The summed E-state index contributed by atoms with van der Waals surface area (Å²) in [4.78, 5) is 30.0. The summed E-state index contributed by atoms with van der Waals surface area (Å²) in [7, 11) is 0. The molecule has 104 valence electrons. The lowest BCUT2D eigenvalue weighted by molar-refractivity contribution is -0.132. The lowest BCUT2D eigenvalue weighted by atomic mass is 10.1. The van der Waals surface area contributed by atoms with Crippen molar-refractivity contribution >= 4 is 17.5 Å². The van der Waals surface area contributed by atoms with Crippen molar-refractivity contribution in [1.82, 2.24) is 14.5 Å². The molecule has 1 aromatic heterocycles. The molecular weight excluding hydrogens is 266 g/mol. The summed E-state index contributed by atoms with van der Waals surface area (Å²) in [5.74, 6) is 0.545. The van der Waals surface area contributed by atoms with Crippen LogP contribution in [-0.4, -0.2) is 33.4 Å². The van der Waals surface area contributed by atoms with Crippen molar-refractivity contribution in [3.63, 3.8) is 0 Å². The van der Waals surface area contributed by atoms with Crippen LogP contribution in [0.2, 0.25) is 5.15 Å². The molecule has 0 saturated carbocycles. The molecule has 19 heavy (non-hydrogen) atoms. The number of likely N-dealkylation sites (tertiary alicyclic amines) is 1. The van der Waals surface area contributed by atoms with Crippen molar-refractivity contribution in [3.8, 4) is 0 Å². The van der Waals surface area contributed by atoms with Gasteiger partial charge in [-0.1, -0.05) is 18.5 Å². The Hall–Kier alpha value is -1.36. The normalized spacial score (nSPS) is 15.6. The maximum absolute atomic E-state index is 12.2. The topological polar surface area (TPSA) is 55.2 Å². The van der Waals surface area contributed by atoms with Gasteiger partial charge in [-0.15, -0.1) is 0 Å². The van der Waals surface area contributed by atoms with Crippen LogP contribution in [0.25, 0.3) is 0 Å². The minimum absolute atomic E-state index is 0.0133. The van der Waals surface area contributed by atoms with Gasteiger partial charge in [-0.3, -0.25) is 14.2 Å². The number of aryl methyl sites for hydroxylation is 1. The minimum atomic E-state index is -0.262. The van der Waals surface area contributed by atoms with E-state index in [1.54, 1.807) is 0 Å². The smallest absolute Gasteiger partial charge is 0.255 e. The van der Waals surface area contributed by atoms with E-state index < -0.39 is 0 Å². The van der Waals surface area contributed by atoms with Crippen LogP contribution in [0.1, 0.15) is 32.0 Å². The van der Waals surface area contributed by atoms with E-state index in [0.717, 1.165) is 25.9 Å². The first-order chi connectivity index (χ1) is 9.11. The van der Waals surface area contributed by atoms with Crippen molar-refractivity contribution in [2.75, 3.05) is 13.1 Å². The molecule has 1 aliphatic heterocycles. The van der Waals surface area contributed by atoms with Gasteiger partial charge in [0.1, 0.15) is 17.5 Å². The minimum Gasteiger partial charge on any atom is -0.341 e. The Morgan fingerprint density at radius 3 is 2.68 bits per heavy atom. The fourth-order valence-corrected chi connectivity index (χ4v) is 2.53. The maximum Gasteiger partial charge on any atom is 0.255 e. The molecule has 0 bridgehead atoms. The monoisotopic (exact) mass is 283 g/mol. The van der Waals surface area contributed by atoms with Gasteiger partial charge in [0.25, 0.3) is 5.56 Å². The quantitative estimate of drug-likeness (QED) is 0.790. The van der Waals surface area contributed by atoms with Crippen molar-refractivity contribution < 1.29 is 4.79 Å². The van der Waals surface area contributed by atoms with E-state index in [0.29, 0.717) is 12.2 Å². The molecule has 6 heteroatoms.